The zero-order valence-electron chi connectivity index (χ0n) is 12.0. The highest BCUT2D eigenvalue weighted by molar-refractivity contribution is 7.79. The first kappa shape index (κ1) is 13.7. The summed E-state index contributed by atoms with van der Waals surface area (Å²) in [5.41, 5.74) is 4.87. The minimum atomic E-state index is 0.742. The highest BCUT2D eigenvalue weighted by atomic mass is 32.1. The molecule has 0 atom stereocenters. The molecule has 0 saturated carbocycles. The number of aromatic nitrogens is 1. The summed E-state index contributed by atoms with van der Waals surface area (Å²) < 4.78 is 5.46. The highest BCUT2D eigenvalue weighted by Gasteiger charge is 2.22. The van der Waals surface area contributed by atoms with E-state index in [-0.39, 0.29) is 0 Å². The number of pyridine rings is 1. The van der Waals surface area contributed by atoms with E-state index >= 15 is 0 Å². The minimum Gasteiger partial charge on any atom is -0.494 e. The van der Waals surface area contributed by atoms with E-state index in [1.807, 2.05) is 12.1 Å². The fraction of sp³-hybridized carbons (Fsp3) is 0.438. The van der Waals surface area contributed by atoms with Crippen molar-refractivity contribution < 1.29 is 4.74 Å². The van der Waals surface area contributed by atoms with E-state index < -0.39 is 0 Å². The van der Waals surface area contributed by atoms with Crippen LogP contribution in [0.1, 0.15) is 23.7 Å². The van der Waals surface area contributed by atoms with Crippen molar-refractivity contribution in [1.29, 1.82) is 0 Å². The highest BCUT2D eigenvalue weighted by Crippen LogP contribution is 2.33. The molecule has 0 spiro atoms. The second kappa shape index (κ2) is 5.62. The first-order valence-corrected chi connectivity index (χ1v) is 7.72. The largest absolute Gasteiger partial charge is 0.494 e. The molecule has 0 aliphatic carbocycles. The Morgan fingerprint density at radius 1 is 1.40 bits per heavy atom. The monoisotopic (exact) mass is 288 g/mol. The third-order valence-electron chi connectivity index (χ3n) is 4.16. The van der Waals surface area contributed by atoms with Gasteiger partial charge in [0.05, 0.1) is 7.11 Å². The summed E-state index contributed by atoms with van der Waals surface area (Å²) in [5, 5.41) is 1.18. The summed E-state index contributed by atoms with van der Waals surface area (Å²) in [6.07, 6.45) is 1.01. The number of methoxy groups -OCH3 is 1. The van der Waals surface area contributed by atoms with Crippen LogP contribution in [0.4, 0.5) is 0 Å². The van der Waals surface area contributed by atoms with Gasteiger partial charge >= 0.3 is 0 Å². The lowest BCUT2D eigenvalue weighted by Crippen LogP contribution is -2.31. The number of benzene rings is 1. The van der Waals surface area contributed by atoms with E-state index in [2.05, 4.69) is 30.5 Å². The third kappa shape index (κ3) is 2.17. The predicted octanol–water partition coefficient (Wildman–Crippen LogP) is 3.05. The Bertz CT molecular complexity index is 642. The Balaban J connectivity index is 2.25. The molecule has 0 N–H and O–H groups in total. The maximum Gasteiger partial charge on any atom is 0.145 e. The van der Waals surface area contributed by atoms with Gasteiger partial charge in [-0.1, -0.05) is 19.1 Å². The molecule has 2 heterocycles. The van der Waals surface area contributed by atoms with Gasteiger partial charge in [-0.2, -0.15) is 12.6 Å². The van der Waals surface area contributed by atoms with Gasteiger partial charge in [0, 0.05) is 36.3 Å². The van der Waals surface area contributed by atoms with E-state index in [1.165, 1.54) is 22.2 Å². The van der Waals surface area contributed by atoms with E-state index in [4.69, 9.17) is 9.72 Å². The molecule has 3 rings (SSSR count). The topological polar surface area (TPSA) is 25.4 Å². The van der Waals surface area contributed by atoms with Crippen LogP contribution in [0.3, 0.4) is 0 Å². The van der Waals surface area contributed by atoms with Crippen LogP contribution in [0.2, 0.25) is 0 Å². The molecule has 1 aromatic carbocycles. The van der Waals surface area contributed by atoms with Gasteiger partial charge in [-0.25, -0.2) is 4.98 Å². The van der Waals surface area contributed by atoms with E-state index in [0.29, 0.717) is 0 Å². The van der Waals surface area contributed by atoms with Gasteiger partial charge in [-0.15, -0.1) is 0 Å². The molecule has 0 unspecified atom stereocenters. The average molecular weight is 288 g/mol. The van der Waals surface area contributed by atoms with Gasteiger partial charge in [0.25, 0.3) is 0 Å². The SMILES string of the molecule is CCN1CCc2nc3c(OC)cccc3c(CS)c2C1. The van der Waals surface area contributed by atoms with Crippen LogP contribution >= 0.6 is 12.6 Å². The summed E-state index contributed by atoms with van der Waals surface area (Å²) in [4.78, 5) is 7.34. The molecule has 1 aliphatic rings. The number of likely N-dealkylation sites (N-methyl/N-ethyl adjacent to an activating group) is 1. The molecule has 20 heavy (non-hydrogen) atoms. The minimum absolute atomic E-state index is 0.742. The molecule has 0 radical (unpaired) electrons. The molecule has 2 aromatic rings. The number of hydrogen-bond donors (Lipinski definition) is 1. The van der Waals surface area contributed by atoms with Gasteiger partial charge in [0.2, 0.25) is 0 Å². The molecule has 0 amide bonds. The Labute approximate surface area is 125 Å². The quantitative estimate of drug-likeness (QED) is 0.879. The fourth-order valence-corrected chi connectivity index (χ4v) is 3.36. The van der Waals surface area contributed by atoms with Crippen LogP contribution in [0, 0.1) is 0 Å². The maximum atomic E-state index is 5.46. The maximum absolute atomic E-state index is 5.46. The molecule has 106 valence electrons. The number of nitrogens with zero attached hydrogens (tertiary/aromatic N) is 2. The van der Waals surface area contributed by atoms with Crippen molar-refractivity contribution in [1.82, 2.24) is 9.88 Å². The van der Waals surface area contributed by atoms with Gasteiger partial charge in [0.1, 0.15) is 11.3 Å². The number of rotatable bonds is 3. The van der Waals surface area contributed by atoms with Crippen molar-refractivity contribution in [2.75, 3.05) is 20.2 Å². The summed E-state index contributed by atoms with van der Waals surface area (Å²) in [6.45, 7) is 5.37. The zero-order valence-corrected chi connectivity index (χ0v) is 12.9. The number of ether oxygens (including phenoxy) is 1. The first-order valence-electron chi connectivity index (χ1n) is 7.09. The van der Waals surface area contributed by atoms with Crippen molar-refractivity contribution >= 4 is 23.5 Å². The van der Waals surface area contributed by atoms with Crippen molar-refractivity contribution in [2.45, 2.75) is 25.6 Å². The zero-order chi connectivity index (χ0) is 14.1. The number of thiol groups is 1. The third-order valence-corrected chi connectivity index (χ3v) is 4.47. The molecule has 1 aromatic heterocycles. The standard InChI is InChI=1S/C16H20N2OS/c1-3-18-8-7-14-12(9-18)13(10-20)11-5-4-6-15(19-2)16(11)17-14/h4-6,20H,3,7-10H2,1-2H3. The number of para-hydroxylation sites is 1. The van der Waals surface area contributed by atoms with Crippen molar-refractivity contribution in [3.63, 3.8) is 0 Å². The molecule has 0 fully saturated rings. The molecule has 3 nitrogen and oxygen atoms in total. The second-order valence-corrected chi connectivity index (χ2v) is 5.47. The summed E-state index contributed by atoms with van der Waals surface area (Å²) in [5.74, 6) is 1.60. The van der Waals surface area contributed by atoms with Crippen LogP contribution in [-0.4, -0.2) is 30.1 Å². The smallest absolute Gasteiger partial charge is 0.145 e. The molecule has 4 heteroatoms. The van der Waals surface area contributed by atoms with Gasteiger partial charge in [-0.3, -0.25) is 4.90 Å². The van der Waals surface area contributed by atoms with Crippen molar-refractivity contribution in [3.05, 3.63) is 35.0 Å². The van der Waals surface area contributed by atoms with Crippen LogP contribution in [0.5, 0.6) is 5.75 Å². The Hall–Kier alpha value is -1.26. The van der Waals surface area contributed by atoms with Crippen molar-refractivity contribution in [3.8, 4) is 5.75 Å². The van der Waals surface area contributed by atoms with Gasteiger partial charge in [0.15, 0.2) is 0 Å². The predicted molar refractivity (Wildman–Crippen MR) is 85.6 cm³/mol. The molecule has 1 aliphatic heterocycles. The lowest BCUT2D eigenvalue weighted by atomic mass is 9.96. The van der Waals surface area contributed by atoms with E-state index in [9.17, 15) is 0 Å². The molecular weight excluding hydrogens is 268 g/mol. The van der Waals surface area contributed by atoms with E-state index in [1.54, 1.807) is 7.11 Å². The summed E-state index contributed by atoms with van der Waals surface area (Å²) in [7, 11) is 1.70. The van der Waals surface area contributed by atoms with Crippen LogP contribution in [-0.2, 0) is 18.7 Å². The van der Waals surface area contributed by atoms with Gasteiger partial charge in [-0.05, 0) is 23.7 Å². The van der Waals surface area contributed by atoms with Crippen LogP contribution < -0.4 is 4.74 Å². The Morgan fingerprint density at radius 3 is 2.95 bits per heavy atom. The summed E-state index contributed by atoms with van der Waals surface area (Å²) in [6, 6.07) is 6.13. The molecule has 0 bridgehead atoms. The normalized spacial score (nSPS) is 15.3. The average Bonchev–Trinajstić information content (AvgIpc) is 2.51. The van der Waals surface area contributed by atoms with Crippen molar-refractivity contribution in [2.24, 2.45) is 0 Å². The number of hydrogen-bond acceptors (Lipinski definition) is 4. The first-order chi connectivity index (χ1) is 9.78. The molecule has 0 saturated heterocycles. The van der Waals surface area contributed by atoms with Gasteiger partial charge < -0.3 is 4.74 Å². The lowest BCUT2D eigenvalue weighted by Gasteiger charge is -2.29. The van der Waals surface area contributed by atoms with E-state index in [0.717, 1.165) is 43.1 Å². The Morgan fingerprint density at radius 2 is 2.25 bits per heavy atom. The van der Waals surface area contributed by atoms with Crippen LogP contribution in [0.25, 0.3) is 10.9 Å². The van der Waals surface area contributed by atoms with Crippen LogP contribution in [0.15, 0.2) is 18.2 Å². The Kier molecular flexibility index (Phi) is 3.85. The lowest BCUT2D eigenvalue weighted by molar-refractivity contribution is 0.265. The summed E-state index contributed by atoms with van der Waals surface area (Å²) >= 11 is 4.56. The second-order valence-electron chi connectivity index (χ2n) is 5.15. The number of fused-ring (bicyclic) bond motifs is 2. The molecular formula is C16H20N2OS. The fourth-order valence-electron chi connectivity index (χ4n) is 3.00.